The molecule has 0 aromatic heterocycles. The monoisotopic (exact) mass is 307 g/mol. The zero-order valence-corrected chi connectivity index (χ0v) is 11.2. The number of ether oxygens (including phenoxy) is 1. The van der Waals surface area contributed by atoms with Crippen LogP contribution in [0, 0.1) is 17.0 Å². The minimum Gasteiger partial charge on any atom is -0.457 e. The smallest absolute Gasteiger partial charge is 0.274 e. The third-order valence-corrected chi connectivity index (χ3v) is 2.75. The summed E-state index contributed by atoms with van der Waals surface area (Å²) in [5.41, 5.74) is 1.06. The van der Waals surface area contributed by atoms with Crippen LogP contribution in [-0.4, -0.2) is 4.92 Å². The lowest BCUT2D eigenvalue weighted by molar-refractivity contribution is -0.385. The highest BCUT2D eigenvalue weighted by molar-refractivity contribution is 9.10. The molecule has 0 bridgehead atoms. The van der Waals surface area contributed by atoms with Crippen LogP contribution in [0.1, 0.15) is 5.56 Å². The van der Waals surface area contributed by atoms with Crippen LogP contribution in [0.15, 0.2) is 46.9 Å². The van der Waals surface area contributed by atoms with Crippen molar-refractivity contribution < 1.29 is 9.66 Å². The topological polar surface area (TPSA) is 52.4 Å². The molecule has 5 heteroatoms. The second-order valence-electron chi connectivity index (χ2n) is 3.82. The Bertz CT molecular complexity index is 599. The van der Waals surface area contributed by atoms with Gasteiger partial charge in [0.25, 0.3) is 5.69 Å². The van der Waals surface area contributed by atoms with Gasteiger partial charge in [-0.15, -0.1) is 0 Å². The van der Waals surface area contributed by atoms with Crippen LogP contribution in [0.5, 0.6) is 11.5 Å². The highest BCUT2D eigenvalue weighted by Crippen LogP contribution is 2.29. The van der Waals surface area contributed by atoms with Gasteiger partial charge in [0.15, 0.2) is 0 Å². The molecule has 0 aliphatic rings. The summed E-state index contributed by atoms with van der Waals surface area (Å²) in [6.45, 7) is 1.95. The number of hydrogen-bond acceptors (Lipinski definition) is 3. The van der Waals surface area contributed by atoms with E-state index in [2.05, 4.69) is 15.9 Å². The Balaban J connectivity index is 2.31. The molecule has 0 amide bonds. The summed E-state index contributed by atoms with van der Waals surface area (Å²) in [6.07, 6.45) is 0. The van der Waals surface area contributed by atoms with Gasteiger partial charge in [-0.2, -0.15) is 0 Å². The quantitative estimate of drug-likeness (QED) is 0.621. The molecule has 0 unspecified atom stereocenters. The molecule has 0 spiro atoms. The van der Waals surface area contributed by atoms with Crippen LogP contribution < -0.4 is 4.74 Å². The number of nitro groups is 1. The van der Waals surface area contributed by atoms with Gasteiger partial charge < -0.3 is 4.74 Å². The number of rotatable bonds is 3. The first-order valence-electron chi connectivity index (χ1n) is 5.24. The molecule has 92 valence electrons. The minimum atomic E-state index is -0.451. The fourth-order valence-electron chi connectivity index (χ4n) is 1.53. The largest absolute Gasteiger partial charge is 0.457 e. The van der Waals surface area contributed by atoms with E-state index in [4.69, 9.17) is 4.74 Å². The fraction of sp³-hybridized carbons (Fsp3) is 0.0769. The number of nitrogens with zero attached hydrogens (tertiary/aromatic N) is 1. The molecule has 0 N–H and O–H groups in total. The summed E-state index contributed by atoms with van der Waals surface area (Å²) in [6, 6.07) is 12.0. The Kier molecular flexibility index (Phi) is 3.62. The standard InChI is InChI=1S/C13H10BrNO3/c1-9-3-2-4-12(5-9)18-13-7-10(14)6-11(8-13)15(16)17/h2-8H,1H3. The molecule has 0 saturated carbocycles. The predicted octanol–water partition coefficient (Wildman–Crippen LogP) is 4.46. The molecule has 0 fully saturated rings. The maximum absolute atomic E-state index is 10.7. The molecule has 0 aliphatic carbocycles. The van der Waals surface area contributed by atoms with E-state index in [1.807, 2.05) is 25.1 Å². The fourth-order valence-corrected chi connectivity index (χ4v) is 1.99. The predicted molar refractivity (Wildman–Crippen MR) is 72.0 cm³/mol. The first-order valence-corrected chi connectivity index (χ1v) is 6.03. The van der Waals surface area contributed by atoms with E-state index in [0.717, 1.165) is 5.56 Å². The molecule has 2 rings (SSSR count). The van der Waals surface area contributed by atoms with Crippen molar-refractivity contribution in [2.24, 2.45) is 0 Å². The third kappa shape index (κ3) is 3.07. The van der Waals surface area contributed by atoms with Gasteiger partial charge in [-0.05, 0) is 30.7 Å². The van der Waals surface area contributed by atoms with Gasteiger partial charge in [0, 0.05) is 10.5 Å². The maximum Gasteiger partial charge on any atom is 0.274 e. The Morgan fingerprint density at radius 2 is 1.94 bits per heavy atom. The van der Waals surface area contributed by atoms with Gasteiger partial charge >= 0.3 is 0 Å². The van der Waals surface area contributed by atoms with E-state index in [9.17, 15) is 10.1 Å². The van der Waals surface area contributed by atoms with E-state index in [1.54, 1.807) is 12.1 Å². The van der Waals surface area contributed by atoms with Crippen LogP contribution >= 0.6 is 15.9 Å². The van der Waals surface area contributed by atoms with Crippen molar-refractivity contribution >= 4 is 21.6 Å². The molecule has 0 atom stereocenters. The molecule has 2 aromatic carbocycles. The second kappa shape index (κ2) is 5.18. The molecule has 0 saturated heterocycles. The van der Waals surface area contributed by atoms with E-state index in [-0.39, 0.29) is 5.69 Å². The average Bonchev–Trinajstić information content (AvgIpc) is 2.28. The highest BCUT2D eigenvalue weighted by Gasteiger charge is 2.10. The van der Waals surface area contributed by atoms with Crippen molar-refractivity contribution in [2.45, 2.75) is 6.92 Å². The minimum absolute atomic E-state index is 0.00738. The zero-order valence-electron chi connectivity index (χ0n) is 9.59. The summed E-state index contributed by atoms with van der Waals surface area (Å²) in [7, 11) is 0. The number of hydrogen-bond donors (Lipinski definition) is 0. The summed E-state index contributed by atoms with van der Waals surface area (Å²) in [5.74, 6) is 1.09. The zero-order chi connectivity index (χ0) is 13.1. The van der Waals surface area contributed by atoms with E-state index in [1.165, 1.54) is 12.1 Å². The molecule has 2 aromatic rings. The van der Waals surface area contributed by atoms with Gasteiger partial charge in [0.05, 0.1) is 11.0 Å². The summed E-state index contributed by atoms with van der Waals surface area (Å²) >= 11 is 3.22. The second-order valence-corrected chi connectivity index (χ2v) is 4.74. The van der Waals surface area contributed by atoms with Gasteiger partial charge in [-0.3, -0.25) is 10.1 Å². The first-order chi connectivity index (χ1) is 8.54. The third-order valence-electron chi connectivity index (χ3n) is 2.29. The Morgan fingerprint density at radius 3 is 2.61 bits per heavy atom. The molecular formula is C13H10BrNO3. The van der Waals surface area contributed by atoms with Gasteiger partial charge in [-0.25, -0.2) is 0 Å². The van der Waals surface area contributed by atoms with Crippen molar-refractivity contribution in [3.63, 3.8) is 0 Å². The number of halogens is 1. The molecular weight excluding hydrogens is 298 g/mol. The lowest BCUT2D eigenvalue weighted by Crippen LogP contribution is -1.90. The number of benzene rings is 2. The molecule has 0 heterocycles. The average molecular weight is 308 g/mol. The first kappa shape index (κ1) is 12.6. The van der Waals surface area contributed by atoms with Crippen LogP contribution in [0.2, 0.25) is 0 Å². The van der Waals surface area contributed by atoms with Gasteiger partial charge in [-0.1, -0.05) is 28.1 Å². The van der Waals surface area contributed by atoms with E-state index in [0.29, 0.717) is 16.0 Å². The van der Waals surface area contributed by atoms with Crippen LogP contribution in [-0.2, 0) is 0 Å². The van der Waals surface area contributed by atoms with Gasteiger partial charge in [0.2, 0.25) is 0 Å². The molecule has 18 heavy (non-hydrogen) atoms. The van der Waals surface area contributed by atoms with Crippen molar-refractivity contribution in [3.05, 3.63) is 62.6 Å². The highest BCUT2D eigenvalue weighted by atomic mass is 79.9. The normalized spacial score (nSPS) is 10.1. The SMILES string of the molecule is Cc1cccc(Oc2cc(Br)cc([N+](=O)[O-])c2)c1. The van der Waals surface area contributed by atoms with Crippen molar-refractivity contribution in [2.75, 3.05) is 0 Å². The number of nitro benzene ring substituents is 1. The molecule has 0 aliphatic heterocycles. The van der Waals surface area contributed by atoms with Crippen LogP contribution in [0.25, 0.3) is 0 Å². The Labute approximate surface area is 112 Å². The number of aryl methyl sites for hydroxylation is 1. The van der Waals surface area contributed by atoms with Crippen molar-refractivity contribution in [1.29, 1.82) is 0 Å². The number of non-ortho nitro benzene ring substituents is 1. The maximum atomic E-state index is 10.7. The molecule has 0 radical (unpaired) electrons. The van der Waals surface area contributed by atoms with Gasteiger partial charge in [0.1, 0.15) is 11.5 Å². The summed E-state index contributed by atoms with van der Waals surface area (Å²) in [4.78, 5) is 10.3. The lowest BCUT2D eigenvalue weighted by atomic mass is 10.2. The van der Waals surface area contributed by atoms with Crippen molar-refractivity contribution in [3.8, 4) is 11.5 Å². The Morgan fingerprint density at radius 1 is 1.17 bits per heavy atom. The van der Waals surface area contributed by atoms with Crippen LogP contribution in [0.4, 0.5) is 5.69 Å². The summed E-state index contributed by atoms with van der Waals surface area (Å²) < 4.78 is 6.21. The summed E-state index contributed by atoms with van der Waals surface area (Å²) in [5, 5.41) is 10.7. The van der Waals surface area contributed by atoms with Crippen molar-refractivity contribution in [1.82, 2.24) is 0 Å². The van der Waals surface area contributed by atoms with E-state index >= 15 is 0 Å². The van der Waals surface area contributed by atoms with Crippen LogP contribution in [0.3, 0.4) is 0 Å². The Hall–Kier alpha value is -1.88. The lowest BCUT2D eigenvalue weighted by Gasteiger charge is -2.06. The van der Waals surface area contributed by atoms with E-state index < -0.39 is 4.92 Å². The molecule has 4 nitrogen and oxygen atoms in total.